The van der Waals surface area contributed by atoms with Crippen molar-refractivity contribution in [3.05, 3.63) is 14.1 Å². The second-order valence-electron chi connectivity index (χ2n) is 7.84. The Bertz CT molecular complexity index is 595. The van der Waals surface area contributed by atoms with Gasteiger partial charge in [-0.2, -0.15) is 0 Å². The minimum atomic E-state index is -0.431. The van der Waals surface area contributed by atoms with Gasteiger partial charge in [0.1, 0.15) is 10.6 Å². The molecule has 7 heteroatoms. The predicted molar refractivity (Wildman–Crippen MR) is 104 cm³/mol. The largest absolute Gasteiger partial charge is 0.444 e. The number of aromatic nitrogens is 1. The number of hydrogen-bond acceptors (Lipinski definition) is 5. The Labute approximate surface area is 161 Å². The van der Waals surface area contributed by atoms with E-state index in [-0.39, 0.29) is 11.6 Å². The third kappa shape index (κ3) is 4.22. The van der Waals surface area contributed by atoms with Gasteiger partial charge in [0.05, 0.1) is 9.08 Å². The summed E-state index contributed by atoms with van der Waals surface area (Å²) in [4.78, 5) is 19.0. The Kier molecular flexibility index (Phi) is 5.42. The fraction of sp³-hybridized carbons (Fsp3) is 0.765. The van der Waals surface area contributed by atoms with E-state index < -0.39 is 5.60 Å². The number of carbonyl (C=O) groups is 1. The Morgan fingerprint density at radius 1 is 1.54 bits per heavy atom. The molecule has 1 aromatic heterocycles. The van der Waals surface area contributed by atoms with Crippen LogP contribution >= 0.6 is 33.9 Å². The van der Waals surface area contributed by atoms with Crippen molar-refractivity contribution in [3.8, 4) is 0 Å². The lowest BCUT2D eigenvalue weighted by atomic mass is 9.69. The van der Waals surface area contributed by atoms with Crippen LogP contribution in [0.15, 0.2) is 6.20 Å². The van der Waals surface area contributed by atoms with Crippen LogP contribution in [0.3, 0.4) is 0 Å². The molecule has 1 saturated carbocycles. The monoisotopic (exact) mass is 463 g/mol. The Balaban J connectivity index is 1.59. The molecular weight excluding hydrogens is 437 g/mol. The number of likely N-dealkylation sites (tertiary alicyclic amines) is 1. The van der Waals surface area contributed by atoms with E-state index >= 15 is 0 Å². The molecule has 1 atom stereocenters. The second-order valence-corrected chi connectivity index (χ2v) is 10.8. The van der Waals surface area contributed by atoms with E-state index in [1.165, 1.54) is 9.30 Å². The number of thiazole rings is 1. The summed E-state index contributed by atoms with van der Waals surface area (Å²) in [6, 6.07) is 0.450. The molecule has 1 N–H and O–H groups in total. The van der Waals surface area contributed by atoms with Gasteiger partial charge in [-0.25, -0.2) is 9.78 Å². The van der Waals surface area contributed by atoms with Gasteiger partial charge in [-0.15, -0.1) is 11.3 Å². The normalized spacial score (nSPS) is 23.2. The van der Waals surface area contributed by atoms with E-state index in [9.17, 15) is 4.79 Å². The maximum atomic E-state index is 12.6. The summed E-state index contributed by atoms with van der Waals surface area (Å²) in [5.41, 5.74) is -0.422. The molecule has 1 unspecified atom stereocenters. The summed E-state index contributed by atoms with van der Waals surface area (Å²) < 4.78 is 6.85. The molecule has 0 bridgehead atoms. The quantitative estimate of drug-likeness (QED) is 0.685. The number of carbonyl (C=O) groups excluding carboxylic acids is 1. The first-order chi connectivity index (χ1) is 11.3. The number of nitrogens with one attached hydrogen (secondary N) is 1. The number of piperidine rings is 1. The third-order valence-electron chi connectivity index (χ3n) is 4.87. The predicted octanol–water partition coefficient (Wildman–Crippen LogP) is 4.16. The van der Waals surface area contributed by atoms with Gasteiger partial charge in [-0.05, 0) is 75.5 Å². The van der Waals surface area contributed by atoms with E-state index in [1.54, 1.807) is 11.3 Å². The first-order valence-corrected chi connectivity index (χ1v) is 10.5. The number of nitrogens with zero attached hydrogens (tertiary/aromatic N) is 2. The third-order valence-corrected chi connectivity index (χ3v) is 6.59. The summed E-state index contributed by atoms with van der Waals surface area (Å²) in [7, 11) is 0. The molecule has 0 radical (unpaired) electrons. The highest BCUT2D eigenvalue weighted by Gasteiger charge is 2.49. The molecule has 134 valence electrons. The number of amides is 1. The van der Waals surface area contributed by atoms with E-state index in [1.807, 2.05) is 31.9 Å². The van der Waals surface area contributed by atoms with Crippen molar-refractivity contribution >= 4 is 40.0 Å². The molecule has 24 heavy (non-hydrogen) atoms. The maximum absolute atomic E-state index is 12.6. The van der Waals surface area contributed by atoms with Crippen molar-refractivity contribution in [2.45, 2.75) is 76.6 Å². The molecule has 1 aliphatic carbocycles. The van der Waals surface area contributed by atoms with E-state index in [4.69, 9.17) is 4.74 Å². The van der Waals surface area contributed by atoms with E-state index in [2.05, 4.69) is 32.9 Å². The lowest BCUT2D eigenvalue weighted by Crippen LogP contribution is -2.63. The minimum Gasteiger partial charge on any atom is -0.444 e. The standard InChI is InChI=1S/C17H26IN3O2S/c1-16(2,3)23-15(22)21-8-5-12(9-17(21)6-4-7-17)19-11-14-20-10-13(18)24-14/h10,12,19H,4-9,11H2,1-3H3. The first-order valence-electron chi connectivity index (χ1n) is 8.62. The highest BCUT2D eigenvalue weighted by atomic mass is 127. The van der Waals surface area contributed by atoms with E-state index in [0.29, 0.717) is 6.04 Å². The summed E-state index contributed by atoms with van der Waals surface area (Å²) in [6.45, 7) is 7.40. The molecule has 1 spiro atoms. The number of halogens is 1. The van der Waals surface area contributed by atoms with Gasteiger partial charge in [-0.1, -0.05) is 0 Å². The van der Waals surface area contributed by atoms with Crippen LogP contribution in [0.2, 0.25) is 0 Å². The zero-order chi connectivity index (χ0) is 17.4. The fourth-order valence-electron chi connectivity index (χ4n) is 3.63. The molecule has 5 nitrogen and oxygen atoms in total. The highest BCUT2D eigenvalue weighted by molar-refractivity contribution is 14.1. The lowest BCUT2D eigenvalue weighted by Gasteiger charge is -2.54. The molecule has 1 amide bonds. The molecule has 1 aromatic rings. The Morgan fingerprint density at radius 3 is 2.83 bits per heavy atom. The maximum Gasteiger partial charge on any atom is 0.410 e. The SMILES string of the molecule is CC(C)(C)OC(=O)N1CCC(NCc2ncc(I)s2)CC12CCC2. The number of hydrogen-bond donors (Lipinski definition) is 1. The van der Waals surface area contributed by atoms with Crippen LogP contribution in [-0.2, 0) is 11.3 Å². The summed E-state index contributed by atoms with van der Waals surface area (Å²) in [5, 5.41) is 4.78. The summed E-state index contributed by atoms with van der Waals surface area (Å²) >= 11 is 4.04. The Hall–Kier alpha value is -0.410. The smallest absolute Gasteiger partial charge is 0.410 e. The topological polar surface area (TPSA) is 54.5 Å². The summed E-state index contributed by atoms with van der Waals surface area (Å²) in [5.74, 6) is 0. The van der Waals surface area contributed by atoms with Gasteiger partial charge in [0, 0.05) is 24.7 Å². The fourth-order valence-corrected chi connectivity index (χ4v) is 5.12. The molecule has 1 saturated heterocycles. The van der Waals surface area contributed by atoms with Crippen LogP contribution in [-0.4, -0.2) is 39.7 Å². The summed E-state index contributed by atoms with van der Waals surface area (Å²) in [6.07, 6.45) is 7.17. The molecule has 3 rings (SSSR count). The van der Waals surface area contributed by atoms with Crippen molar-refractivity contribution in [2.24, 2.45) is 0 Å². The average Bonchev–Trinajstić information content (AvgIpc) is 2.87. The van der Waals surface area contributed by atoms with Gasteiger partial charge >= 0.3 is 6.09 Å². The van der Waals surface area contributed by atoms with Crippen LogP contribution in [0.1, 0.15) is 57.9 Å². The number of rotatable bonds is 3. The molecule has 2 heterocycles. The minimum absolute atomic E-state index is 0.00948. The van der Waals surface area contributed by atoms with Gasteiger partial charge in [0.2, 0.25) is 0 Å². The van der Waals surface area contributed by atoms with Crippen LogP contribution in [0.4, 0.5) is 4.79 Å². The van der Waals surface area contributed by atoms with Gasteiger partial charge in [-0.3, -0.25) is 0 Å². The van der Waals surface area contributed by atoms with Crippen molar-refractivity contribution in [3.63, 3.8) is 0 Å². The van der Waals surface area contributed by atoms with Crippen LogP contribution in [0.25, 0.3) is 0 Å². The average molecular weight is 463 g/mol. The van der Waals surface area contributed by atoms with Gasteiger partial charge < -0.3 is 15.0 Å². The van der Waals surface area contributed by atoms with E-state index in [0.717, 1.165) is 43.8 Å². The highest BCUT2D eigenvalue weighted by Crippen LogP contribution is 2.45. The molecular formula is C17H26IN3O2S. The van der Waals surface area contributed by atoms with Crippen molar-refractivity contribution in [2.75, 3.05) is 6.54 Å². The number of ether oxygens (including phenoxy) is 1. The molecule has 1 aliphatic heterocycles. The molecule has 2 fully saturated rings. The molecule has 0 aromatic carbocycles. The van der Waals surface area contributed by atoms with Gasteiger partial charge in [0.25, 0.3) is 0 Å². The lowest BCUT2D eigenvalue weighted by molar-refractivity contribution is -0.0494. The molecule has 2 aliphatic rings. The van der Waals surface area contributed by atoms with Crippen LogP contribution < -0.4 is 5.32 Å². The second kappa shape index (κ2) is 7.07. The van der Waals surface area contributed by atoms with Crippen LogP contribution in [0.5, 0.6) is 0 Å². The van der Waals surface area contributed by atoms with Crippen molar-refractivity contribution in [1.29, 1.82) is 0 Å². The van der Waals surface area contributed by atoms with Crippen molar-refractivity contribution in [1.82, 2.24) is 15.2 Å². The zero-order valence-corrected chi connectivity index (χ0v) is 17.6. The zero-order valence-electron chi connectivity index (χ0n) is 14.6. The van der Waals surface area contributed by atoms with Crippen molar-refractivity contribution < 1.29 is 9.53 Å². The Morgan fingerprint density at radius 2 is 2.29 bits per heavy atom. The first kappa shape index (κ1) is 18.4. The van der Waals surface area contributed by atoms with Crippen LogP contribution in [0, 0.1) is 2.88 Å². The van der Waals surface area contributed by atoms with Gasteiger partial charge in [0.15, 0.2) is 0 Å².